The first-order valence-corrected chi connectivity index (χ1v) is 5.87. The van der Waals surface area contributed by atoms with E-state index in [9.17, 15) is 0 Å². The van der Waals surface area contributed by atoms with Crippen LogP contribution in [0.15, 0.2) is 12.4 Å². The van der Waals surface area contributed by atoms with Crippen LogP contribution in [0, 0.1) is 5.92 Å². The number of aromatic nitrogens is 2. The summed E-state index contributed by atoms with van der Waals surface area (Å²) in [5.74, 6) is 7.71. The van der Waals surface area contributed by atoms with E-state index < -0.39 is 0 Å². The fraction of sp³-hybridized carbons (Fsp3) is 0.636. The van der Waals surface area contributed by atoms with Gasteiger partial charge >= 0.3 is 0 Å². The number of hydrogen-bond donors (Lipinski definition) is 3. The van der Waals surface area contributed by atoms with Gasteiger partial charge < -0.3 is 10.7 Å². The van der Waals surface area contributed by atoms with Crippen LogP contribution in [0.2, 0.25) is 0 Å². The van der Waals surface area contributed by atoms with Gasteiger partial charge in [0, 0.05) is 12.1 Å². The summed E-state index contributed by atoms with van der Waals surface area (Å²) >= 11 is 0. The number of nitrogens with one attached hydrogen (secondary N) is 2. The number of hydrazine groups is 1. The molecule has 1 atom stereocenters. The normalized spacial score (nSPS) is 16.9. The van der Waals surface area contributed by atoms with Gasteiger partial charge in [0.15, 0.2) is 0 Å². The Kier molecular flexibility index (Phi) is 3.56. The standard InChI is InChI=1S/C11H19N5/c1-2-9(5-8-3-4-8)15-10-6-11(16-12)14-7-13-10/h6-9H,2-5,12H2,1H3,(H2,13,14,15,16). The van der Waals surface area contributed by atoms with E-state index in [0.29, 0.717) is 11.9 Å². The topological polar surface area (TPSA) is 75.9 Å². The summed E-state index contributed by atoms with van der Waals surface area (Å²) < 4.78 is 0. The quantitative estimate of drug-likeness (QED) is 0.504. The van der Waals surface area contributed by atoms with Crippen LogP contribution >= 0.6 is 0 Å². The van der Waals surface area contributed by atoms with Crippen molar-refractivity contribution in [3.63, 3.8) is 0 Å². The molecule has 1 aromatic heterocycles. The Morgan fingerprint density at radius 1 is 1.44 bits per heavy atom. The summed E-state index contributed by atoms with van der Waals surface area (Å²) in [7, 11) is 0. The third kappa shape index (κ3) is 3.06. The van der Waals surface area contributed by atoms with E-state index in [1.807, 2.05) is 6.07 Å². The van der Waals surface area contributed by atoms with E-state index in [1.165, 1.54) is 25.6 Å². The molecule has 5 heteroatoms. The lowest BCUT2D eigenvalue weighted by atomic mass is 10.1. The van der Waals surface area contributed by atoms with Crippen LogP contribution in [0.25, 0.3) is 0 Å². The number of anilines is 2. The monoisotopic (exact) mass is 221 g/mol. The highest BCUT2D eigenvalue weighted by atomic mass is 15.3. The van der Waals surface area contributed by atoms with Crippen molar-refractivity contribution in [3.05, 3.63) is 12.4 Å². The van der Waals surface area contributed by atoms with Crippen molar-refractivity contribution in [2.24, 2.45) is 11.8 Å². The fourth-order valence-electron chi connectivity index (χ4n) is 1.81. The number of rotatable bonds is 6. The molecular weight excluding hydrogens is 202 g/mol. The molecule has 0 aromatic carbocycles. The van der Waals surface area contributed by atoms with Gasteiger partial charge in [0.25, 0.3) is 0 Å². The first-order valence-electron chi connectivity index (χ1n) is 5.87. The molecule has 1 aliphatic carbocycles. The Labute approximate surface area is 95.8 Å². The van der Waals surface area contributed by atoms with Crippen molar-refractivity contribution >= 4 is 11.6 Å². The lowest BCUT2D eigenvalue weighted by Gasteiger charge is -2.17. The molecule has 1 saturated carbocycles. The Morgan fingerprint density at radius 3 is 2.81 bits per heavy atom. The maximum atomic E-state index is 5.30. The average molecular weight is 221 g/mol. The molecule has 5 nitrogen and oxygen atoms in total. The van der Waals surface area contributed by atoms with Crippen molar-refractivity contribution in [2.75, 3.05) is 10.7 Å². The van der Waals surface area contributed by atoms with Crippen LogP contribution in [0.4, 0.5) is 11.6 Å². The molecule has 0 radical (unpaired) electrons. The largest absolute Gasteiger partial charge is 0.367 e. The Hall–Kier alpha value is -1.36. The second-order valence-electron chi connectivity index (χ2n) is 4.36. The first-order chi connectivity index (χ1) is 7.81. The van der Waals surface area contributed by atoms with Crippen LogP contribution in [0.1, 0.15) is 32.6 Å². The molecule has 4 N–H and O–H groups in total. The molecule has 1 aliphatic rings. The van der Waals surface area contributed by atoms with E-state index in [2.05, 4.69) is 27.6 Å². The molecule has 1 aromatic rings. The van der Waals surface area contributed by atoms with Crippen LogP contribution in [-0.2, 0) is 0 Å². The van der Waals surface area contributed by atoms with Gasteiger partial charge in [-0.3, -0.25) is 0 Å². The van der Waals surface area contributed by atoms with Crippen molar-refractivity contribution in [1.82, 2.24) is 9.97 Å². The van der Waals surface area contributed by atoms with E-state index >= 15 is 0 Å². The maximum absolute atomic E-state index is 5.30. The molecule has 1 unspecified atom stereocenters. The summed E-state index contributed by atoms with van der Waals surface area (Å²) in [5.41, 5.74) is 2.52. The second kappa shape index (κ2) is 5.12. The van der Waals surface area contributed by atoms with Gasteiger partial charge in [0.2, 0.25) is 0 Å². The van der Waals surface area contributed by atoms with Crippen molar-refractivity contribution in [2.45, 2.75) is 38.6 Å². The van der Waals surface area contributed by atoms with Gasteiger partial charge in [-0.2, -0.15) is 0 Å². The van der Waals surface area contributed by atoms with Crippen LogP contribution < -0.4 is 16.6 Å². The van der Waals surface area contributed by atoms with E-state index in [0.717, 1.165) is 18.2 Å². The third-order valence-electron chi connectivity index (χ3n) is 2.97. The van der Waals surface area contributed by atoms with Gasteiger partial charge in [-0.05, 0) is 18.8 Å². The predicted octanol–water partition coefficient (Wildman–Crippen LogP) is 1.75. The predicted molar refractivity (Wildman–Crippen MR) is 64.9 cm³/mol. The average Bonchev–Trinajstić information content (AvgIpc) is 3.12. The number of nitrogens with two attached hydrogens (primary N) is 1. The summed E-state index contributed by atoms with van der Waals surface area (Å²) in [6, 6.07) is 2.34. The molecule has 1 fully saturated rings. The van der Waals surface area contributed by atoms with Gasteiger partial charge in [-0.15, -0.1) is 0 Å². The van der Waals surface area contributed by atoms with E-state index in [4.69, 9.17) is 5.84 Å². The number of nitrogen functional groups attached to an aromatic ring is 1. The molecule has 2 rings (SSSR count). The Bertz CT molecular complexity index is 337. The summed E-state index contributed by atoms with van der Waals surface area (Å²) in [5, 5.41) is 3.43. The van der Waals surface area contributed by atoms with Crippen LogP contribution in [0.5, 0.6) is 0 Å². The maximum Gasteiger partial charge on any atom is 0.145 e. The Balaban J connectivity index is 1.94. The van der Waals surface area contributed by atoms with Crippen molar-refractivity contribution in [1.29, 1.82) is 0 Å². The summed E-state index contributed by atoms with van der Waals surface area (Å²) in [6.07, 6.45) is 6.65. The minimum Gasteiger partial charge on any atom is -0.367 e. The summed E-state index contributed by atoms with van der Waals surface area (Å²) in [6.45, 7) is 2.20. The zero-order valence-electron chi connectivity index (χ0n) is 9.61. The van der Waals surface area contributed by atoms with Crippen LogP contribution in [0.3, 0.4) is 0 Å². The van der Waals surface area contributed by atoms with Gasteiger partial charge in [-0.25, -0.2) is 15.8 Å². The zero-order valence-corrected chi connectivity index (χ0v) is 9.61. The summed E-state index contributed by atoms with van der Waals surface area (Å²) in [4.78, 5) is 8.16. The second-order valence-corrected chi connectivity index (χ2v) is 4.36. The van der Waals surface area contributed by atoms with E-state index in [1.54, 1.807) is 0 Å². The molecule has 0 aliphatic heterocycles. The van der Waals surface area contributed by atoms with Crippen molar-refractivity contribution in [3.8, 4) is 0 Å². The number of nitrogens with zero attached hydrogens (tertiary/aromatic N) is 2. The third-order valence-corrected chi connectivity index (χ3v) is 2.97. The molecule has 0 spiro atoms. The first kappa shape index (κ1) is 11.1. The highest BCUT2D eigenvalue weighted by molar-refractivity contribution is 5.46. The lowest BCUT2D eigenvalue weighted by molar-refractivity contribution is 0.585. The molecular formula is C11H19N5. The highest BCUT2D eigenvalue weighted by Crippen LogP contribution is 2.34. The smallest absolute Gasteiger partial charge is 0.145 e. The molecule has 0 saturated heterocycles. The fourth-order valence-corrected chi connectivity index (χ4v) is 1.81. The van der Waals surface area contributed by atoms with Gasteiger partial charge in [0.1, 0.15) is 18.0 Å². The lowest BCUT2D eigenvalue weighted by Crippen LogP contribution is -2.20. The highest BCUT2D eigenvalue weighted by Gasteiger charge is 2.24. The molecule has 88 valence electrons. The van der Waals surface area contributed by atoms with Gasteiger partial charge in [0.05, 0.1) is 0 Å². The van der Waals surface area contributed by atoms with E-state index in [-0.39, 0.29) is 0 Å². The Morgan fingerprint density at radius 2 is 2.19 bits per heavy atom. The minimum atomic E-state index is 0.507. The van der Waals surface area contributed by atoms with Crippen LogP contribution in [-0.4, -0.2) is 16.0 Å². The van der Waals surface area contributed by atoms with Gasteiger partial charge in [-0.1, -0.05) is 19.8 Å². The molecule has 0 amide bonds. The molecule has 16 heavy (non-hydrogen) atoms. The zero-order chi connectivity index (χ0) is 11.4. The minimum absolute atomic E-state index is 0.507. The SMILES string of the molecule is CCC(CC1CC1)Nc1cc(NN)ncn1. The molecule has 0 bridgehead atoms. The molecule has 1 heterocycles. The van der Waals surface area contributed by atoms with Crippen molar-refractivity contribution < 1.29 is 0 Å². The number of hydrogen-bond acceptors (Lipinski definition) is 5.